The van der Waals surface area contributed by atoms with Gasteiger partial charge in [0, 0.05) is 24.7 Å². The molecular formula is C17H23FN2O. The van der Waals surface area contributed by atoms with Gasteiger partial charge in [-0.25, -0.2) is 4.39 Å². The number of carbonyl (C=O) groups is 1. The fraction of sp³-hybridized carbons (Fsp3) is 0.588. The number of halogens is 1. The van der Waals surface area contributed by atoms with Crippen LogP contribution in [0.3, 0.4) is 0 Å². The molecule has 1 aliphatic heterocycles. The van der Waals surface area contributed by atoms with Crippen molar-refractivity contribution >= 4 is 17.3 Å². The van der Waals surface area contributed by atoms with Crippen molar-refractivity contribution in [2.75, 3.05) is 23.3 Å². The van der Waals surface area contributed by atoms with Crippen molar-refractivity contribution in [1.29, 1.82) is 0 Å². The molecule has 1 aromatic carbocycles. The summed E-state index contributed by atoms with van der Waals surface area (Å²) in [6.07, 6.45) is 7.65. The number of amides is 1. The molecule has 4 heteroatoms. The van der Waals surface area contributed by atoms with E-state index < -0.39 is 0 Å². The van der Waals surface area contributed by atoms with Gasteiger partial charge in [-0.3, -0.25) is 4.79 Å². The van der Waals surface area contributed by atoms with Gasteiger partial charge in [-0.15, -0.1) is 0 Å². The van der Waals surface area contributed by atoms with Crippen molar-refractivity contribution in [2.24, 2.45) is 5.92 Å². The van der Waals surface area contributed by atoms with Gasteiger partial charge in [0.25, 0.3) is 0 Å². The average Bonchev–Trinajstić information content (AvgIpc) is 3.04. The second kappa shape index (κ2) is 6.46. The molecule has 2 fully saturated rings. The zero-order valence-corrected chi connectivity index (χ0v) is 12.4. The highest BCUT2D eigenvalue weighted by Gasteiger charge is 2.22. The van der Waals surface area contributed by atoms with E-state index in [0.717, 1.165) is 44.5 Å². The Bertz CT molecular complexity index is 506. The average molecular weight is 290 g/mol. The SMILES string of the molecule is O=C(Nc1cc(N2CCCC2)ccc1F)C1CCCCC1. The van der Waals surface area contributed by atoms with E-state index in [9.17, 15) is 9.18 Å². The Morgan fingerprint density at radius 2 is 1.81 bits per heavy atom. The molecule has 1 saturated heterocycles. The van der Waals surface area contributed by atoms with Crippen molar-refractivity contribution in [3.63, 3.8) is 0 Å². The van der Waals surface area contributed by atoms with Gasteiger partial charge in [0.1, 0.15) is 5.82 Å². The Morgan fingerprint density at radius 1 is 1.10 bits per heavy atom. The van der Waals surface area contributed by atoms with Gasteiger partial charge in [-0.05, 0) is 43.9 Å². The molecular weight excluding hydrogens is 267 g/mol. The van der Waals surface area contributed by atoms with Gasteiger partial charge in [0.2, 0.25) is 5.91 Å². The largest absolute Gasteiger partial charge is 0.371 e. The van der Waals surface area contributed by atoms with E-state index >= 15 is 0 Å². The number of nitrogens with zero attached hydrogens (tertiary/aromatic N) is 1. The number of rotatable bonds is 3. The van der Waals surface area contributed by atoms with E-state index in [2.05, 4.69) is 10.2 Å². The van der Waals surface area contributed by atoms with Crippen molar-refractivity contribution in [3.8, 4) is 0 Å². The molecule has 114 valence electrons. The minimum Gasteiger partial charge on any atom is -0.371 e. The Morgan fingerprint density at radius 3 is 2.52 bits per heavy atom. The first-order valence-electron chi connectivity index (χ1n) is 8.09. The highest BCUT2D eigenvalue weighted by Crippen LogP contribution is 2.28. The lowest BCUT2D eigenvalue weighted by Crippen LogP contribution is -2.25. The molecule has 3 nitrogen and oxygen atoms in total. The van der Waals surface area contributed by atoms with Crippen molar-refractivity contribution < 1.29 is 9.18 Å². The lowest BCUT2D eigenvalue weighted by atomic mass is 9.88. The molecule has 2 aliphatic rings. The number of carbonyl (C=O) groups excluding carboxylic acids is 1. The minimum absolute atomic E-state index is 0.0211. The molecule has 1 aromatic rings. The molecule has 0 atom stereocenters. The third-order valence-electron chi connectivity index (χ3n) is 4.65. The molecule has 0 aromatic heterocycles. The van der Waals surface area contributed by atoms with Crippen LogP contribution in [0.4, 0.5) is 15.8 Å². The van der Waals surface area contributed by atoms with Crippen LogP contribution in [0, 0.1) is 11.7 Å². The summed E-state index contributed by atoms with van der Waals surface area (Å²) >= 11 is 0. The molecule has 0 radical (unpaired) electrons. The molecule has 0 spiro atoms. The van der Waals surface area contributed by atoms with E-state index in [1.165, 1.54) is 25.3 Å². The molecule has 1 heterocycles. The van der Waals surface area contributed by atoms with Gasteiger partial charge in [-0.1, -0.05) is 19.3 Å². The van der Waals surface area contributed by atoms with Crippen molar-refractivity contribution in [1.82, 2.24) is 0 Å². The van der Waals surface area contributed by atoms with Crippen LogP contribution >= 0.6 is 0 Å². The van der Waals surface area contributed by atoms with E-state index in [1.54, 1.807) is 12.1 Å². The predicted octanol–water partition coefficient (Wildman–Crippen LogP) is 3.94. The highest BCUT2D eigenvalue weighted by molar-refractivity contribution is 5.93. The lowest BCUT2D eigenvalue weighted by molar-refractivity contribution is -0.120. The van der Waals surface area contributed by atoms with Gasteiger partial charge >= 0.3 is 0 Å². The second-order valence-electron chi connectivity index (χ2n) is 6.18. The molecule has 1 N–H and O–H groups in total. The lowest BCUT2D eigenvalue weighted by Gasteiger charge is -2.22. The van der Waals surface area contributed by atoms with E-state index in [0.29, 0.717) is 5.69 Å². The van der Waals surface area contributed by atoms with Crippen LogP contribution in [0.2, 0.25) is 0 Å². The van der Waals surface area contributed by atoms with Gasteiger partial charge in [0.15, 0.2) is 0 Å². The third-order valence-corrected chi connectivity index (χ3v) is 4.65. The molecule has 3 rings (SSSR count). The summed E-state index contributed by atoms with van der Waals surface area (Å²) in [4.78, 5) is 14.5. The number of nitrogens with one attached hydrogen (secondary N) is 1. The topological polar surface area (TPSA) is 32.3 Å². The monoisotopic (exact) mass is 290 g/mol. The Kier molecular flexibility index (Phi) is 4.42. The maximum Gasteiger partial charge on any atom is 0.227 e. The second-order valence-corrected chi connectivity index (χ2v) is 6.18. The fourth-order valence-corrected chi connectivity index (χ4v) is 3.38. The summed E-state index contributed by atoms with van der Waals surface area (Å²) in [6.45, 7) is 2.03. The fourth-order valence-electron chi connectivity index (χ4n) is 3.38. The Labute approximate surface area is 125 Å². The summed E-state index contributed by atoms with van der Waals surface area (Å²) < 4.78 is 14.0. The van der Waals surface area contributed by atoms with Gasteiger partial charge in [0.05, 0.1) is 5.69 Å². The first-order chi connectivity index (χ1) is 10.2. The molecule has 1 saturated carbocycles. The summed E-state index contributed by atoms with van der Waals surface area (Å²) in [5, 5.41) is 2.80. The maximum absolute atomic E-state index is 14.0. The van der Waals surface area contributed by atoms with Crippen molar-refractivity contribution in [3.05, 3.63) is 24.0 Å². The Balaban J connectivity index is 1.71. The first kappa shape index (κ1) is 14.4. The van der Waals surface area contributed by atoms with Crippen LogP contribution in [0.5, 0.6) is 0 Å². The molecule has 0 unspecified atom stereocenters. The standard InChI is InChI=1S/C17H23FN2O/c18-15-9-8-14(20-10-4-5-11-20)12-16(15)19-17(21)13-6-2-1-3-7-13/h8-9,12-13H,1-7,10-11H2,(H,19,21). The van der Waals surface area contributed by atoms with Crippen LogP contribution in [0.15, 0.2) is 18.2 Å². The smallest absolute Gasteiger partial charge is 0.227 e. The first-order valence-corrected chi connectivity index (χ1v) is 8.09. The van der Waals surface area contributed by atoms with E-state index in [-0.39, 0.29) is 17.6 Å². The van der Waals surface area contributed by atoms with E-state index in [4.69, 9.17) is 0 Å². The quantitative estimate of drug-likeness (QED) is 0.914. The summed E-state index contributed by atoms with van der Waals surface area (Å²) in [5.41, 5.74) is 1.34. The van der Waals surface area contributed by atoms with Crippen molar-refractivity contribution in [2.45, 2.75) is 44.9 Å². The number of anilines is 2. The summed E-state index contributed by atoms with van der Waals surface area (Å²) in [7, 11) is 0. The molecule has 1 amide bonds. The van der Waals surface area contributed by atoms with E-state index in [1.807, 2.05) is 0 Å². The van der Waals surface area contributed by atoms with Gasteiger partial charge < -0.3 is 10.2 Å². The summed E-state index contributed by atoms with van der Waals surface area (Å²) in [5.74, 6) is -0.317. The number of hydrogen-bond donors (Lipinski definition) is 1. The molecule has 21 heavy (non-hydrogen) atoms. The highest BCUT2D eigenvalue weighted by atomic mass is 19.1. The minimum atomic E-state index is -0.345. The third kappa shape index (κ3) is 3.36. The van der Waals surface area contributed by atoms with Gasteiger partial charge in [-0.2, -0.15) is 0 Å². The normalized spacial score (nSPS) is 19.8. The van der Waals surface area contributed by atoms with Crippen LogP contribution in [0.1, 0.15) is 44.9 Å². The summed E-state index contributed by atoms with van der Waals surface area (Å²) in [6, 6.07) is 5.04. The van der Waals surface area contributed by atoms with Crippen LogP contribution in [0.25, 0.3) is 0 Å². The molecule has 0 bridgehead atoms. The zero-order chi connectivity index (χ0) is 14.7. The predicted molar refractivity (Wildman–Crippen MR) is 83.1 cm³/mol. The van der Waals surface area contributed by atoms with Crippen LogP contribution in [-0.4, -0.2) is 19.0 Å². The van der Waals surface area contributed by atoms with Crippen LogP contribution in [-0.2, 0) is 4.79 Å². The number of benzene rings is 1. The number of hydrogen-bond acceptors (Lipinski definition) is 2. The van der Waals surface area contributed by atoms with Crippen LogP contribution < -0.4 is 10.2 Å². The Hall–Kier alpha value is -1.58. The zero-order valence-electron chi connectivity index (χ0n) is 12.4. The maximum atomic E-state index is 14.0. The molecule has 1 aliphatic carbocycles.